The van der Waals surface area contributed by atoms with Crippen molar-refractivity contribution < 1.29 is 36.0 Å². The number of nitrogens with one attached hydrogen (secondary N) is 1. The molecule has 9 nitrogen and oxygen atoms in total. The molecule has 0 spiro atoms. The molecular weight excluding hydrogens is 539 g/mol. The molecule has 0 aliphatic heterocycles. The summed E-state index contributed by atoms with van der Waals surface area (Å²) in [7, 11) is -3.40. The molecule has 196 valence electrons. The van der Waals surface area contributed by atoms with E-state index >= 15 is 0 Å². The van der Waals surface area contributed by atoms with Crippen LogP contribution in [0.25, 0.3) is 0 Å². The van der Waals surface area contributed by atoms with Crippen LogP contribution in [-0.2, 0) is 21.0 Å². The lowest BCUT2D eigenvalue weighted by atomic mass is 10.2. The topological polar surface area (TPSA) is 119 Å². The second-order valence-corrected chi connectivity index (χ2v) is 9.96. The Kier molecular flexibility index (Phi) is 7.98. The van der Waals surface area contributed by atoms with Crippen molar-refractivity contribution in [3.8, 4) is 5.75 Å². The number of hydrogen-bond donors (Lipinski definition) is 1. The summed E-state index contributed by atoms with van der Waals surface area (Å²) in [5.74, 6) is -0.993. The highest BCUT2D eigenvalue weighted by molar-refractivity contribution is 7.92. The van der Waals surface area contributed by atoms with Gasteiger partial charge in [0, 0.05) is 22.3 Å². The summed E-state index contributed by atoms with van der Waals surface area (Å²) in [5.41, 5.74) is -1.66. The fraction of sp³-hybridized carbons (Fsp3) is 0.174. The Hall–Kier alpha value is -3.84. The maximum absolute atomic E-state index is 13.6. The van der Waals surface area contributed by atoms with Crippen LogP contribution in [0.3, 0.4) is 0 Å². The lowest BCUT2D eigenvalue weighted by Gasteiger charge is -2.26. The van der Waals surface area contributed by atoms with Gasteiger partial charge in [-0.1, -0.05) is 23.7 Å². The number of hydrogen-bond acceptors (Lipinski definition) is 6. The number of anilines is 2. The van der Waals surface area contributed by atoms with Gasteiger partial charge in [0.15, 0.2) is 0 Å². The van der Waals surface area contributed by atoms with E-state index in [1.807, 2.05) is 0 Å². The molecule has 14 heteroatoms. The van der Waals surface area contributed by atoms with Crippen molar-refractivity contribution in [1.29, 1.82) is 0 Å². The molecule has 0 atom stereocenters. The Morgan fingerprint density at radius 1 is 1.14 bits per heavy atom. The summed E-state index contributed by atoms with van der Waals surface area (Å²) in [6, 6.07) is 11.0. The Balaban J connectivity index is 2.07. The van der Waals surface area contributed by atoms with Crippen molar-refractivity contribution >= 4 is 44.6 Å². The Bertz CT molecular complexity index is 1460. The summed E-state index contributed by atoms with van der Waals surface area (Å²) < 4.78 is 72.3. The molecule has 0 radical (unpaired) electrons. The molecule has 3 aromatic rings. The average molecular weight is 558 g/mol. The number of methoxy groups -OCH3 is 1. The number of amides is 1. The predicted molar refractivity (Wildman–Crippen MR) is 130 cm³/mol. The van der Waals surface area contributed by atoms with Crippen LogP contribution in [0.4, 0.5) is 30.2 Å². The minimum Gasteiger partial charge on any atom is -0.495 e. The number of halogens is 4. The van der Waals surface area contributed by atoms with Crippen LogP contribution in [0.1, 0.15) is 11.1 Å². The first kappa shape index (κ1) is 27.7. The molecule has 37 heavy (non-hydrogen) atoms. The average Bonchev–Trinajstić information content (AvgIpc) is 2.82. The van der Waals surface area contributed by atoms with Gasteiger partial charge >= 0.3 is 6.18 Å². The smallest absolute Gasteiger partial charge is 0.416 e. The van der Waals surface area contributed by atoms with Crippen molar-refractivity contribution in [2.75, 3.05) is 23.3 Å². The van der Waals surface area contributed by atoms with E-state index in [4.69, 9.17) is 16.3 Å². The molecule has 3 rings (SSSR count). The fourth-order valence-corrected chi connectivity index (χ4v) is 4.95. The number of carbonyl (C=O) groups excluding carboxylic acids is 1. The molecule has 0 aliphatic rings. The normalized spacial score (nSPS) is 11.6. The van der Waals surface area contributed by atoms with E-state index in [9.17, 15) is 36.5 Å². The first-order chi connectivity index (χ1) is 17.2. The number of sulfonamides is 1. The minimum absolute atomic E-state index is 0.00135. The highest BCUT2D eigenvalue weighted by atomic mass is 35.5. The van der Waals surface area contributed by atoms with Gasteiger partial charge < -0.3 is 10.1 Å². The molecule has 0 bridgehead atoms. The monoisotopic (exact) mass is 557 g/mol. The SMILES string of the molecule is COc1ccc(Cl)cc1N(CC(=O)Nc1cccc(C(F)(F)F)c1)S(=O)(=O)c1ccc(C)c([N+](=O)[O-])c1. The lowest BCUT2D eigenvalue weighted by Crippen LogP contribution is -2.38. The van der Waals surface area contributed by atoms with Crippen LogP contribution in [0.2, 0.25) is 5.02 Å². The highest BCUT2D eigenvalue weighted by Crippen LogP contribution is 2.36. The molecule has 0 saturated heterocycles. The van der Waals surface area contributed by atoms with E-state index in [0.717, 1.165) is 24.3 Å². The molecule has 1 N–H and O–H groups in total. The zero-order chi connectivity index (χ0) is 27.5. The molecule has 0 aliphatic carbocycles. The van der Waals surface area contributed by atoms with Gasteiger partial charge in [-0.2, -0.15) is 13.2 Å². The summed E-state index contributed by atoms with van der Waals surface area (Å²) in [4.78, 5) is 23.0. The summed E-state index contributed by atoms with van der Waals surface area (Å²) in [5, 5.41) is 13.7. The van der Waals surface area contributed by atoms with Gasteiger partial charge in [-0.05, 0) is 49.4 Å². The van der Waals surface area contributed by atoms with Crippen molar-refractivity contribution in [1.82, 2.24) is 0 Å². The minimum atomic E-state index is -4.66. The van der Waals surface area contributed by atoms with Crippen molar-refractivity contribution in [3.05, 3.63) is 86.9 Å². The number of aryl methyl sites for hydroxylation is 1. The van der Waals surface area contributed by atoms with E-state index in [2.05, 4.69) is 5.32 Å². The molecule has 3 aromatic carbocycles. The number of ether oxygens (including phenoxy) is 1. The zero-order valence-electron chi connectivity index (χ0n) is 19.2. The molecule has 0 saturated carbocycles. The molecule has 0 unspecified atom stereocenters. The van der Waals surface area contributed by atoms with Gasteiger partial charge in [0.1, 0.15) is 12.3 Å². The summed E-state index contributed by atoms with van der Waals surface area (Å²) in [6.45, 7) is 0.506. The van der Waals surface area contributed by atoms with Gasteiger partial charge in [-0.25, -0.2) is 8.42 Å². The second-order valence-electron chi connectivity index (χ2n) is 7.66. The third-order valence-corrected chi connectivity index (χ3v) is 7.13. The summed E-state index contributed by atoms with van der Waals surface area (Å²) in [6.07, 6.45) is -4.66. The van der Waals surface area contributed by atoms with Crippen LogP contribution in [0.15, 0.2) is 65.6 Å². The van der Waals surface area contributed by atoms with Gasteiger partial charge in [0.25, 0.3) is 15.7 Å². The van der Waals surface area contributed by atoms with Crippen LogP contribution < -0.4 is 14.4 Å². The molecule has 0 aromatic heterocycles. The third kappa shape index (κ3) is 6.30. The zero-order valence-corrected chi connectivity index (χ0v) is 20.8. The fourth-order valence-electron chi connectivity index (χ4n) is 3.34. The van der Waals surface area contributed by atoms with Gasteiger partial charge in [-0.3, -0.25) is 19.2 Å². The molecule has 1 amide bonds. The third-order valence-electron chi connectivity index (χ3n) is 5.14. The second kappa shape index (κ2) is 10.6. The number of benzene rings is 3. The number of rotatable bonds is 8. The predicted octanol–water partition coefficient (Wildman–Crippen LogP) is 5.42. The van der Waals surface area contributed by atoms with Crippen LogP contribution in [0, 0.1) is 17.0 Å². The Labute approximate surface area is 214 Å². The number of alkyl halides is 3. The van der Waals surface area contributed by atoms with Gasteiger partial charge in [-0.15, -0.1) is 0 Å². The molecule has 0 heterocycles. The largest absolute Gasteiger partial charge is 0.495 e. The van der Waals surface area contributed by atoms with Crippen molar-refractivity contribution in [3.63, 3.8) is 0 Å². The van der Waals surface area contributed by atoms with E-state index in [1.54, 1.807) is 0 Å². The Morgan fingerprint density at radius 2 is 1.84 bits per heavy atom. The van der Waals surface area contributed by atoms with Gasteiger partial charge in [0.05, 0.1) is 28.2 Å². The Morgan fingerprint density at radius 3 is 2.46 bits per heavy atom. The number of carbonyl (C=O) groups is 1. The number of nitrogens with zero attached hydrogens (tertiary/aromatic N) is 2. The van der Waals surface area contributed by atoms with Gasteiger partial charge in [0.2, 0.25) is 5.91 Å². The first-order valence-corrected chi connectivity index (χ1v) is 12.1. The van der Waals surface area contributed by atoms with E-state index in [0.29, 0.717) is 10.4 Å². The standard InChI is InChI=1S/C23H19ClF3N3O6S/c1-14-6-8-18(12-19(14)30(32)33)37(34,35)29(20-11-16(24)7-9-21(20)36-2)13-22(31)28-17-5-3-4-15(10-17)23(25,26)27/h3-12H,13H2,1-2H3,(H,28,31). The van der Waals surface area contributed by atoms with E-state index in [-0.39, 0.29) is 27.7 Å². The quantitative estimate of drug-likeness (QED) is 0.292. The van der Waals surface area contributed by atoms with Crippen LogP contribution in [-0.4, -0.2) is 32.9 Å². The molecule has 0 fully saturated rings. The number of nitro groups is 1. The van der Waals surface area contributed by atoms with Crippen molar-refractivity contribution in [2.24, 2.45) is 0 Å². The highest BCUT2D eigenvalue weighted by Gasteiger charge is 2.33. The first-order valence-electron chi connectivity index (χ1n) is 10.3. The van der Waals surface area contributed by atoms with E-state index in [1.165, 1.54) is 44.4 Å². The maximum Gasteiger partial charge on any atom is 0.416 e. The maximum atomic E-state index is 13.6. The van der Waals surface area contributed by atoms with E-state index < -0.39 is 49.7 Å². The molecular formula is C23H19ClF3N3O6S. The lowest BCUT2D eigenvalue weighted by molar-refractivity contribution is -0.385. The van der Waals surface area contributed by atoms with Crippen molar-refractivity contribution in [2.45, 2.75) is 18.0 Å². The van der Waals surface area contributed by atoms with Crippen LogP contribution >= 0.6 is 11.6 Å². The number of nitro benzene ring substituents is 1. The van der Waals surface area contributed by atoms with Crippen LogP contribution in [0.5, 0.6) is 5.75 Å². The summed E-state index contributed by atoms with van der Waals surface area (Å²) >= 11 is 6.05.